The molecule has 0 aliphatic carbocycles. The van der Waals surface area contributed by atoms with E-state index in [1.165, 1.54) is 6.08 Å². The third-order valence-corrected chi connectivity index (χ3v) is 9.02. The summed E-state index contributed by atoms with van der Waals surface area (Å²) in [6.45, 7) is 8.84. The molecule has 1 aliphatic heterocycles. The van der Waals surface area contributed by atoms with E-state index in [1.807, 2.05) is 13.0 Å². The second-order valence-electron chi connectivity index (χ2n) is 7.67. The Morgan fingerprint density at radius 3 is 2.52 bits per heavy atom. The number of primary amides is 1. The van der Waals surface area contributed by atoms with Gasteiger partial charge in [0.25, 0.3) is 0 Å². The highest BCUT2D eigenvalue weighted by molar-refractivity contribution is 8.05. The summed E-state index contributed by atoms with van der Waals surface area (Å²) in [7, 11) is -4.30. The van der Waals surface area contributed by atoms with Gasteiger partial charge in [-0.15, -0.1) is 11.8 Å². The number of aromatic nitrogens is 1. The fraction of sp³-hybridized carbons (Fsp3) is 0.381. The fourth-order valence-corrected chi connectivity index (χ4v) is 7.61. The van der Waals surface area contributed by atoms with E-state index in [9.17, 15) is 18.5 Å². The molecule has 0 saturated carbocycles. The highest BCUT2D eigenvalue weighted by Crippen LogP contribution is 2.50. The lowest BCUT2D eigenvalue weighted by Crippen LogP contribution is -2.51. The first kappa shape index (κ1) is 22.9. The van der Waals surface area contributed by atoms with Gasteiger partial charge >= 0.3 is 0 Å². The number of hydrogen-bond donors (Lipinski definition) is 2. The number of aryl methyl sites for hydroxylation is 3. The molecule has 0 bridgehead atoms. The van der Waals surface area contributed by atoms with Crippen molar-refractivity contribution in [3.05, 3.63) is 56.6 Å². The molecule has 2 unspecified atom stereocenters. The van der Waals surface area contributed by atoms with Crippen LogP contribution < -0.4 is 10.5 Å². The van der Waals surface area contributed by atoms with Crippen LogP contribution in [0.1, 0.15) is 39.1 Å². The van der Waals surface area contributed by atoms with E-state index in [-0.39, 0.29) is 12.3 Å². The zero-order valence-electron chi connectivity index (χ0n) is 17.9. The summed E-state index contributed by atoms with van der Waals surface area (Å²) >= 11 is 1.05. The van der Waals surface area contributed by atoms with Crippen molar-refractivity contribution < 1.29 is 17.7 Å². The largest absolute Gasteiger partial charge is 0.369 e. The van der Waals surface area contributed by atoms with Gasteiger partial charge in [0.15, 0.2) is 4.75 Å². The van der Waals surface area contributed by atoms with E-state index in [2.05, 4.69) is 15.9 Å². The quantitative estimate of drug-likeness (QED) is 0.675. The maximum absolute atomic E-state index is 13.9. The number of carbonyl (C=O) groups is 1. The second-order valence-corrected chi connectivity index (χ2v) is 10.6. The second kappa shape index (κ2) is 8.05. The van der Waals surface area contributed by atoms with Crippen molar-refractivity contribution in [2.75, 3.05) is 4.72 Å². The van der Waals surface area contributed by atoms with Crippen LogP contribution in [-0.4, -0.2) is 24.7 Å². The van der Waals surface area contributed by atoms with Crippen LogP contribution in [0.2, 0.25) is 0 Å². The minimum absolute atomic E-state index is 0.00920. The van der Waals surface area contributed by atoms with Crippen LogP contribution in [0.3, 0.4) is 0 Å². The lowest BCUT2D eigenvalue weighted by atomic mass is 9.82. The monoisotopic (exact) mass is 460 g/mol. The summed E-state index contributed by atoms with van der Waals surface area (Å²) in [6.07, 6.45) is 1.61. The summed E-state index contributed by atoms with van der Waals surface area (Å²) < 4.78 is 33.7. The van der Waals surface area contributed by atoms with Crippen LogP contribution in [0.4, 0.5) is 5.88 Å². The van der Waals surface area contributed by atoms with E-state index >= 15 is 0 Å². The SMILES string of the molecule is Cc1cc(C)c(C2(S(=O)(=O)Nc3onc(C)c3C)C=CSC2C(N)=O)c(C)c1CC#N. The van der Waals surface area contributed by atoms with Crippen molar-refractivity contribution in [1.82, 2.24) is 5.16 Å². The molecular formula is C21H24N4O4S2. The molecule has 1 amide bonds. The first-order valence-corrected chi connectivity index (χ1v) is 11.9. The molecule has 164 valence electrons. The number of thioether (sulfide) groups is 1. The van der Waals surface area contributed by atoms with Crippen molar-refractivity contribution in [2.45, 2.75) is 51.0 Å². The molecule has 8 nitrogen and oxygen atoms in total. The van der Waals surface area contributed by atoms with Crippen LogP contribution in [0.15, 0.2) is 22.1 Å². The minimum atomic E-state index is -4.30. The van der Waals surface area contributed by atoms with Gasteiger partial charge in [0, 0.05) is 5.56 Å². The van der Waals surface area contributed by atoms with Crippen molar-refractivity contribution in [2.24, 2.45) is 5.73 Å². The highest BCUT2D eigenvalue weighted by atomic mass is 32.2. The molecule has 2 heterocycles. The summed E-state index contributed by atoms with van der Waals surface area (Å²) in [5.74, 6) is -0.767. The van der Waals surface area contributed by atoms with Crippen LogP contribution >= 0.6 is 11.8 Å². The Morgan fingerprint density at radius 1 is 1.29 bits per heavy atom. The molecule has 1 aromatic carbocycles. The molecule has 0 spiro atoms. The van der Waals surface area contributed by atoms with E-state index in [1.54, 1.807) is 33.1 Å². The Balaban J connectivity index is 2.35. The van der Waals surface area contributed by atoms with Crippen molar-refractivity contribution in [3.8, 4) is 6.07 Å². The Bertz CT molecular complexity index is 1240. The molecule has 1 aromatic heterocycles. The lowest BCUT2D eigenvalue weighted by Gasteiger charge is -2.35. The van der Waals surface area contributed by atoms with Crippen LogP contribution in [0.25, 0.3) is 0 Å². The molecule has 3 N–H and O–H groups in total. The third-order valence-electron chi connectivity index (χ3n) is 5.78. The van der Waals surface area contributed by atoms with Gasteiger partial charge in [0.05, 0.1) is 18.2 Å². The van der Waals surface area contributed by atoms with Gasteiger partial charge in [-0.25, -0.2) is 13.1 Å². The predicted octanol–water partition coefficient (Wildman–Crippen LogP) is 3.03. The topological polar surface area (TPSA) is 139 Å². The average Bonchev–Trinajstić information content (AvgIpc) is 3.25. The first-order valence-electron chi connectivity index (χ1n) is 9.52. The van der Waals surface area contributed by atoms with Crippen molar-refractivity contribution in [1.29, 1.82) is 5.26 Å². The Morgan fingerprint density at radius 2 is 1.97 bits per heavy atom. The molecule has 2 atom stereocenters. The maximum Gasteiger partial charge on any atom is 0.250 e. The molecule has 1 aliphatic rings. The van der Waals surface area contributed by atoms with Gasteiger partial charge in [0.2, 0.25) is 21.8 Å². The third kappa shape index (κ3) is 3.51. The van der Waals surface area contributed by atoms with E-state index < -0.39 is 25.9 Å². The lowest BCUT2D eigenvalue weighted by molar-refractivity contribution is -0.117. The van der Waals surface area contributed by atoms with Crippen molar-refractivity contribution in [3.63, 3.8) is 0 Å². The number of nitrogens with zero attached hydrogens (tertiary/aromatic N) is 2. The number of rotatable bonds is 6. The zero-order valence-corrected chi connectivity index (χ0v) is 19.6. The molecular weight excluding hydrogens is 436 g/mol. The number of nitriles is 1. The first-order chi connectivity index (χ1) is 14.5. The number of anilines is 1. The molecule has 0 fully saturated rings. The van der Waals surface area contributed by atoms with E-state index in [0.717, 1.165) is 22.9 Å². The van der Waals surface area contributed by atoms with Gasteiger partial charge in [0.1, 0.15) is 5.25 Å². The van der Waals surface area contributed by atoms with E-state index in [4.69, 9.17) is 10.3 Å². The molecule has 10 heteroatoms. The van der Waals surface area contributed by atoms with Gasteiger partial charge in [-0.3, -0.25) is 4.79 Å². The summed E-state index contributed by atoms with van der Waals surface area (Å²) in [6, 6.07) is 3.97. The standard InChI is InChI=1S/C21H24N4O4S2/c1-11-10-12(2)17(14(4)16(11)6-8-22)21(7-9-30-18(21)19(23)26)31(27,28)25-20-13(3)15(5)24-29-20/h7,9-10,18,25H,6H2,1-5H3,(H2,23,26). The minimum Gasteiger partial charge on any atom is -0.369 e. The number of nitrogens with two attached hydrogens (primary N) is 1. The summed E-state index contributed by atoms with van der Waals surface area (Å²) in [5.41, 5.74) is 10.2. The van der Waals surface area contributed by atoms with Crippen LogP contribution in [0, 0.1) is 45.9 Å². The summed E-state index contributed by atoms with van der Waals surface area (Å²) in [4.78, 5) is 12.4. The maximum atomic E-state index is 13.9. The number of amides is 1. The Labute approximate surface area is 185 Å². The Kier molecular flexibility index (Phi) is 5.95. The summed E-state index contributed by atoms with van der Waals surface area (Å²) in [5, 5.41) is 13.6. The average molecular weight is 461 g/mol. The highest BCUT2D eigenvalue weighted by Gasteiger charge is 2.57. The normalized spacial score (nSPS) is 20.6. The van der Waals surface area contributed by atoms with Gasteiger partial charge < -0.3 is 10.3 Å². The number of carbonyl (C=O) groups excluding carboxylic acids is 1. The number of hydrogen-bond acceptors (Lipinski definition) is 7. The number of sulfonamides is 1. The van der Waals surface area contributed by atoms with Gasteiger partial charge in [-0.05, 0) is 73.9 Å². The molecule has 0 saturated heterocycles. The zero-order chi connectivity index (χ0) is 23.1. The molecule has 0 radical (unpaired) electrons. The van der Waals surface area contributed by atoms with Gasteiger partial charge in [-0.1, -0.05) is 11.2 Å². The van der Waals surface area contributed by atoms with E-state index in [0.29, 0.717) is 27.9 Å². The van der Waals surface area contributed by atoms with Crippen molar-refractivity contribution >= 4 is 33.6 Å². The molecule has 2 aromatic rings. The van der Waals surface area contributed by atoms with Crippen LogP contribution in [0.5, 0.6) is 0 Å². The predicted molar refractivity (Wildman–Crippen MR) is 120 cm³/mol. The van der Waals surface area contributed by atoms with Gasteiger partial charge in [-0.2, -0.15) is 5.26 Å². The molecule has 31 heavy (non-hydrogen) atoms. The Hall–Kier alpha value is -2.77. The number of benzene rings is 1. The smallest absolute Gasteiger partial charge is 0.250 e. The number of nitrogens with one attached hydrogen (secondary N) is 1. The van der Waals surface area contributed by atoms with Crippen LogP contribution in [-0.2, 0) is 26.0 Å². The molecule has 3 rings (SSSR count). The fourth-order valence-electron chi connectivity index (χ4n) is 4.16.